The van der Waals surface area contributed by atoms with Crippen LogP contribution in [0.3, 0.4) is 0 Å². The lowest BCUT2D eigenvalue weighted by Crippen LogP contribution is -2.54. The van der Waals surface area contributed by atoms with E-state index in [-0.39, 0.29) is 42.7 Å². The highest BCUT2D eigenvalue weighted by atomic mass is 16.5. The number of benzene rings is 2. The third-order valence-corrected chi connectivity index (χ3v) is 9.59. The Bertz CT molecular complexity index is 1590. The molecule has 1 saturated carbocycles. The molecule has 2 aromatic rings. The Balaban J connectivity index is 1.47. The Labute approximate surface area is 242 Å². The van der Waals surface area contributed by atoms with Crippen LogP contribution in [0.25, 0.3) is 0 Å². The minimum Gasteiger partial charge on any atom is -0.491 e. The van der Waals surface area contributed by atoms with Crippen LogP contribution in [0.2, 0.25) is 0 Å². The van der Waals surface area contributed by atoms with E-state index in [4.69, 9.17) is 4.74 Å². The van der Waals surface area contributed by atoms with Gasteiger partial charge in [0.25, 0.3) is 0 Å². The minimum absolute atomic E-state index is 0.0412. The molecule has 42 heavy (non-hydrogen) atoms. The molecular weight excluding hydrogens is 538 g/mol. The molecule has 6 atom stereocenters. The molecule has 2 fully saturated rings. The van der Waals surface area contributed by atoms with E-state index in [2.05, 4.69) is 0 Å². The summed E-state index contributed by atoms with van der Waals surface area (Å²) in [6.45, 7) is 3.32. The molecule has 0 bridgehead atoms. The number of nitrogens with zero attached hydrogens (tertiary/aromatic N) is 1. The summed E-state index contributed by atoms with van der Waals surface area (Å²) in [6.07, 6.45) is 3.90. The number of carbonyl (C=O) groups excluding carboxylic acids is 4. The van der Waals surface area contributed by atoms with Gasteiger partial charge >= 0.3 is 5.97 Å². The highest BCUT2D eigenvalue weighted by molar-refractivity contribution is 6.22. The van der Waals surface area contributed by atoms with Gasteiger partial charge in [-0.1, -0.05) is 36.8 Å². The molecule has 4 aliphatic rings. The molecule has 0 spiro atoms. The van der Waals surface area contributed by atoms with Crippen molar-refractivity contribution in [1.29, 1.82) is 0 Å². The number of imide groups is 1. The number of fused-ring (bicyclic) bond motifs is 4. The number of hydrogen-bond donors (Lipinski definition) is 2. The SMILES string of the molecule is CC1=CC(=O)[C@@H]2C[C@@H]3C(=CC[C@@H]4C(=O)N(c5ccc(C(=O)O)cc5)C(=O)[C@@H]43)[C@H](c3ccccc3OCCO)[C@]2(C)C1=O. The Hall–Kier alpha value is -4.37. The van der Waals surface area contributed by atoms with Crippen molar-refractivity contribution in [2.24, 2.45) is 29.1 Å². The van der Waals surface area contributed by atoms with E-state index in [1.807, 2.05) is 25.1 Å². The number of ether oxygens (including phenoxy) is 1. The zero-order chi connectivity index (χ0) is 29.9. The third kappa shape index (κ3) is 3.98. The smallest absolute Gasteiger partial charge is 0.335 e. The van der Waals surface area contributed by atoms with Crippen LogP contribution >= 0.6 is 0 Å². The number of carbonyl (C=O) groups is 5. The van der Waals surface area contributed by atoms with Crippen molar-refractivity contribution in [3.05, 3.63) is 83.0 Å². The Morgan fingerprint density at radius 1 is 1.02 bits per heavy atom. The first-order valence-electron chi connectivity index (χ1n) is 14.1. The zero-order valence-electron chi connectivity index (χ0n) is 23.3. The van der Waals surface area contributed by atoms with Gasteiger partial charge in [0.1, 0.15) is 12.4 Å². The summed E-state index contributed by atoms with van der Waals surface area (Å²) >= 11 is 0. The van der Waals surface area contributed by atoms with Crippen LogP contribution in [-0.4, -0.2) is 52.8 Å². The van der Waals surface area contributed by atoms with Crippen molar-refractivity contribution >= 4 is 35.0 Å². The standard InChI is InChI=1S/C33H31NO8/c1-17-15-25(36)24-16-23-20(28(33(24,2)29(17)37)21-5-3-4-6-26(21)42-14-13-35)11-12-22-27(23)31(39)34(30(22)38)19-9-7-18(8-10-19)32(40)41/h3-11,15,22-24,27-28,35H,12-14,16H2,1-2H3,(H,40,41)/t22-,23+,24-,27-,28+,33+/m0/s1. The number of allylic oxidation sites excluding steroid dienone is 4. The molecule has 0 radical (unpaired) electrons. The Kier molecular flexibility index (Phi) is 6.73. The summed E-state index contributed by atoms with van der Waals surface area (Å²) in [5.74, 6) is -4.83. The summed E-state index contributed by atoms with van der Waals surface area (Å²) in [7, 11) is 0. The van der Waals surface area contributed by atoms with Gasteiger partial charge in [-0.15, -0.1) is 0 Å². The van der Waals surface area contributed by atoms with Crippen LogP contribution in [0.4, 0.5) is 5.69 Å². The second kappa shape index (κ2) is 10.2. The van der Waals surface area contributed by atoms with Crippen LogP contribution < -0.4 is 9.64 Å². The molecule has 2 amide bonds. The van der Waals surface area contributed by atoms with E-state index in [1.54, 1.807) is 19.1 Å². The first-order chi connectivity index (χ1) is 20.1. The minimum atomic E-state index is -1.14. The maximum Gasteiger partial charge on any atom is 0.335 e. The number of carboxylic acid groups (broad SMARTS) is 1. The second-order valence-corrected chi connectivity index (χ2v) is 11.7. The summed E-state index contributed by atoms with van der Waals surface area (Å²) in [5, 5.41) is 18.7. The molecule has 9 heteroatoms. The largest absolute Gasteiger partial charge is 0.491 e. The van der Waals surface area contributed by atoms with Gasteiger partial charge < -0.3 is 14.9 Å². The molecule has 1 saturated heterocycles. The van der Waals surface area contributed by atoms with Crippen molar-refractivity contribution in [2.45, 2.75) is 32.6 Å². The number of para-hydroxylation sites is 1. The first kappa shape index (κ1) is 27.8. The number of aliphatic hydroxyl groups excluding tert-OH is 1. The van der Waals surface area contributed by atoms with E-state index in [0.717, 1.165) is 10.5 Å². The number of aromatic carboxylic acids is 1. The number of rotatable bonds is 6. The van der Waals surface area contributed by atoms with E-state index in [9.17, 15) is 34.2 Å². The van der Waals surface area contributed by atoms with Gasteiger partial charge in [-0.3, -0.25) is 24.1 Å². The van der Waals surface area contributed by atoms with Crippen LogP contribution in [-0.2, 0) is 19.2 Å². The summed E-state index contributed by atoms with van der Waals surface area (Å²) < 4.78 is 5.90. The van der Waals surface area contributed by atoms with Gasteiger partial charge in [0, 0.05) is 17.4 Å². The lowest BCUT2D eigenvalue weighted by atomic mass is 9.47. The van der Waals surface area contributed by atoms with Gasteiger partial charge in [0.05, 0.1) is 35.1 Å². The number of aliphatic hydroxyl groups is 1. The predicted molar refractivity (Wildman–Crippen MR) is 151 cm³/mol. The number of carboxylic acids is 1. The molecule has 2 N–H and O–H groups in total. The molecule has 1 heterocycles. The van der Waals surface area contributed by atoms with Crippen molar-refractivity contribution in [3.63, 3.8) is 0 Å². The number of hydrogen-bond acceptors (Lipinski definition) is 7. The highest BCUT2D eigenvalue weighted by Crippen LogP contribution is 2.63. The van der Waals surface area contributed by atoms with Crippen molar-refractivity contribution in [2.75, 3.05) is 18.1 Å². The average Bonchev–Trinajstić information content (AvgIpc) is 3.24. The molecule has 1 aliphatic heterocycles. The fraction of sp³-hybridized carbons (Fsp3) is 0.364. The maximum atomic E-state index is 14.1. The lowest BCUT2D eigenvalue weighted by molar-refractivity contribution is -0.141. The monoisotopic (exact) mass is 569 g/mol. The molecule has 6 rings (SSSR count). The molecule has 0 aromatic heterocycles. The van der Waals surface area contributed by atoms with Crippen molar-refractivity contribution in [1.82, 2.24) is 0 Å². The average molecular weight is 570 g/mol. The molecule has 0 unspecified atom stereocenters. The van der Waals surface area contributed by atoms with Gasteiger partial charge in [-0.2, -0.15) is 0 Å². The summed E-state index contributed by atoms with van der Waals surface area (Å²) in [6, 6.07) is 12.9. The lowest BCUT2D eigenvalue weighted by Gasteiger charge is -2.53. The van der Waals surface area contributed by atoms with Gasteiger partial charge in [0.15, 0.2) is 11.6 Å². The van der Waals surface area contributed by atoms with Gasteiger partial charge in [-0.05, 0) is 67.7 Å². The predicted octanol–water partition coefficient (Wildman–Crippen LogP) is 3.72. The normalized spacial score (nSPS) is 30.3. The summed E-state index contributed by atoms with van der Waals surface area (Å²) in [5.41, 5.74) is 1.12. The fourth-order valence-corrected chi connectivity index (χ4v) is 7.75. The number of amides is 2. The third-order valence-electron chi connectivity index (χ3n) is 9.59. The van der Waals surface area contributed by atoms with Crippen LogP contribution in [0.5, 0.6) is 5.75 Å². The quantitative estimate of drug-likeness (QED) is 0.397. The topological polar surface area (TPSA) is 138 Å². The zero-order valence-corrected chi connectivity index (χ0v) is 23.3. The molecule has 3 aliphatic carbocycles. The molecular formula is C33H31NO8. The van der Waals surface area contributed by atoms with E-state index in [0.29, 0.717) is 29.0 Å². The van der Waals surface area contributed by atoms with E-state index < -0.39 is 46.9 Å². The number of anilines is 1. The van der Waals surface area contributed by atoms with E-state index in [1.165, 1.54) is 30.3 Å². The Morgan fingerprint density at radius 3 is 2.43 bits per heavy atom. The Morgan fingerprint density at radius 2 is 1.74 bits per heavy atom. The van der Waals surface area contributed by atoms with Crippen molar-refractivity contribution in [3.8, 4) is 5.75 Å². The van der Waals surface area contributed by atoms with Gasteiger partial charge in [-0.25, -0.2) is 4.79 Å². The van der Waals surface area contributed by atoms with Gasteiger partial charge in [0.2, 0.25) is 11.8 Å². The van der Waals surface area contributed by atoms with E-state index >= 15 is 0 Å². The van der Waals surface area contributed by atoms with Crippen LogP contribution in [0.15, 0.2) is 71.8 Å². The summed E-state index contributed by atoms with van der Waals surface area (Å²) in [4.78, 5) is 67.7. The van der Waals surface area contributed by atoms with Crippen molar-refractivity contribution < 1.29 is 38.9 Å². The highest BCUT2D eigenvalue weighted by Gasteiger charge is 2.63. The second-order valence-electron chi connectivity index (χ2n) is 11.7. The molecule has 9 nitrogen and oxygen atoms in total. The number of ketones is 2. The molecule has 2 aromatic carbocycles. The molecule has 216 valence electrons. The first-order valence-corrected chi connectivity index (χ1v) is 14.1. The maximum absolute atomic E-state index is 14.1. The fourth-order valence-electron chi connectivity index (χ4n) is 7.75. The van der Waals surface area contributed by atoms with Crippen LogP contribution in [0, 0.1) is 29.1 Å². The number of Topliss-reactive ketones (excluding diaryl/α,β-unsaturated/α-hetero) is 1. The van der Waals surface area contributed by atoms with Crippen LogP contribution in [0.1, 0.15) is 48.5 Å².